The molecule has 0 atom stereocenters. The molecular formula is C13H17N3. The third-order valence-corrected chi connectivity index (χ3v) is 2.66. The van der Waals surface area contributed by atoms with E-state index >= 15 is 0 Å². The Balaban J connectivity index is 2.56. The van der Waals surface area contributed by atoms with Crippen LogP contribution in [0.1, 0.15) is 50.9 Å². The Hall–Kier alpha value is -1.51. The first-order valence-electron chi connectivity index (χ1n) is 5.72. The predicted molar refractivity (Wildman–Crippen MR) is 65.5 cm³/mol. The van der Waals surface area contributed by atoms with Gasteiger partial charge < -0.3 is 0 Å². The SMILES string of the molecule is CC(C)c1cc2nc(C(C)C)ccc2nn1. The van der Waals surface area contributed by atoms with Gasteiger partial charge in [-0.1, -0.05) is 27.7 Å². The van der Waals surface area contributed by atoms with E-state index in [-0.39, 0.29) is 0 Å². The van der Waals surface area contributed by atoms with Crippen LogP contribution in [0.25, 0.3) is 11.0 Å². The van der Waals surface area contributed by atoms with Crippen LogP contribution in [0.3, 0.4) is 0 Å². The molecule has 0 fully saturated rings. The Morgan fingerprint density at radius 3 is 2.12 bits per heavy atom. The summed E-state index contributed by atoms with van der Waals surface area (Å²) in [7, 11) is 0. The zero-order valence-corrected chi connectivity index (χ0v) is 10.2. The zero-order valence-electron chi connectivity index (χ0n) is 10.2. The van der Waals surface area contributed by atoms with Gasteiger partial charge in [-0.3, -0.25) is 4.98 Å². The van der Waals surface area contributed by atoms with Crippen molar-refractivity contribution in [3.05, 3.63) is 29.6 Å². The molecule has 2 heterocycles. The standard InChI is InChI=1S/C13H17N3/c1-8(2)10-5-6-11-13(14-10)7-12(9(3)4)16-15-11/h5-9H,1-4H3. The number of fused-ring (bicyclic) bond motifs is 1. The van der Waals surface area contributed by atoms with Gasteiger partial charge in [0.2, 0.25) is 0 Å². The summed E-state index contributed by atoms with van der Waals surface area (Å²) < 4.78 is 0. The Bertz CT molecular complexity index is 461. The van der Waals surface area contributed by atoms with Gasteiger partial charge in [0.1, 0.15) is 5.52 Å². The summed E-state index contributed by atoms with van der Waals surface area (Å²) in [6.07, 6.45) is 0. The number of hydrogen-bond acceptors (Lipinski definition) is 3. The van der Waals surface area contributed by atoms with E-state index in [4.69, 9.17) is 0 Å². The second-order valence-corrected chi connectivity index (χ2v) is 4.72. The van der Waals surface area contributed by atoms with Crippen LogP contribution < -0.4 is 0 Å². The van der Waals surface area contributed by atoms with Crippen LogP contribution in [0.2, 0.25) is 0 Å². The average Bonchev–Trinajstić information content (AvgIpc) is 2.27. The zero-order chi connectivity index (χ0) is 11.7. The molecule has 0 bridgehead atoms. The highest BCUT2D eigenvalue weighted by Gasteiger charge is 2.07. The molecule has 0 aliphatic rings. The molecule has 0 aromatic carbocycles. The summed E-state index contributed by atoms with van der Waals surface area (Å²) >= 11 is 0. The number of aromatic nitrogens is 3. The molecule has 0 saturated carbocycles. The highest BCUT2D eigenvalue weighted by atomic mass is 15.1. The first-order chi connectivity index (χ1) is 7.58. The van der Waals surface area contributed by atoms with Gasteiger partial charge in [-0.05, 0) is 30.0 Å². The van der Waals surface area contributed by atoms with E-state index in [2.05, 4.69) is 42.9 Å². The molecule has 0 saturated heterocycles. The van der Waals surface area contributed by atoms with Crippen LogP contribution in [0.15, 0.2) is 18.2 Å². The van der Waals surface area contributed by atoms with Gasteiger partial charge in [0.25, 0.3) is 0 Å². The van der Waals surface area contributed by atoms with Crippen molar-refractivity contribution >= 4 is 11.0 Å². The van der Waals surface area contributed by atoms with E-state index < -0.39 is 0 Å². The number of nitrogens with zero attached hydrogens (tertiary/aromatic N) is 3. The second-order valence-electron chi connectivity index (χ2n) is 4.72. The van der Waals surface area contributed by atoms with E-state index in [1.807, 2.05) is 18.2 Å². The summed E-state index contributed by atoms with van der Waals surface area (Å²) in [5.74, 6) is 0.835. The van der Waals surface area contributed by atoms with E-state index in [9.17, 15) is 0 Å². The van der Waals surface area contributed by atoms with Crippen LogP contribution >= 0.6 is 0 Å². The van der Waals surface area contributed by atoms with Crippen molar-refractivity contribution in [3.63, 3.8) is 0 Å². The molecule has 3 nitrogen and oxygen atoms in total. The molecule has 0 aliphatic carbocycles. The van der Waals surface area contributed by atoms with Crippen molar-refractivity contribution in [2.45, 2.75) is 39.5 Å². The molecular weight excluding hydrogens is 198 g/mol. The summed E-state index contributed by atoms with van der Waals surface area (Å²) in [6.45, 7) is 8.52. The number of pyridine rings is 1. The van der Waals surface area contributed by atoms with Crippen molar-refractivity contribution in [2.75, 3.05) is 0 Å². The fourth-order valence-electron chi connectivity index (χ4n) is 1.56. The molecule has 2 aromatic rings. The molecule has 0 aliphatic heterocycles. The molecule has 0 N–H and O–H groups in total. The minimum absolute atomic E-state index is 0.390. The fourth-order valence-corrected chi connectivity index (χ4v) is 1.56. The molecule has 0 amide bonds. The molecule has 0 unspecified atom stereocenters. The van der Waals surface area contributed by atoms with E-state index in [1.54, 1.807) is 0 Å². The van der Waals surface area contributed by atoms with Crippen molar-refractivity contribution in [2.24, 2.45) is 0 Å². The van der Waals surface area contributed by atoms with Gasteiger partial charge in [0.05, 0.1) is 11.2 Å². The summed E-state index contributed by atoms with van der Waals surface area (Å²) in [4.78, 5) is 4.62. The maximum Gasteiger partial charge on any atom is 0.111 e. The van der Waals surface area contributed by atoms with Crippen molar-refractivity contribution in [1.82, 2.24) is 15.2 Å². The fraction of sp³-hybridized carbons (Fsp3) is 0.462. The van der Waals surface area contributed by atoms with Crippen LogP contribution in [0.4, 0.5) is 0 Å². The number of rotatable bonds is 2. The van der Waals surface area contributed by atoms with Gasteiger partial charge in [-0.25, -0.2) is 0 Å². The highest BCUT2D eigenvalue weighted by Crippen LogP contribution is 2.18. The van der Waals surface area contributed by atoms with Crippen molar-refractivity contribution < 1.29 is 0 Å². The third-order valence-electron chi connectivity index (χ3n) is 2.66. The molecule has 0 spiro atoms. The van der Waals surface area contributed by atoms with Crippen molar-refractivity contribution in [3.8, 4) is 0 Å². The lowest BCUT2D eigenvalue weighted by Crippen LogP contribution is -1.99. The minimum atomic E-state index is 0.390. The molecule has 2 aromatic heterocycles. The van der Waals surface area contributed by atoms with Crippen LogP contribution in [-0.4, -0.2) is 15.2 Å². The molecule has 84 valence electrons. The number of hydrogen-bond donors (Lipinski definition) is 0. The molecule has 2 rings (SSSR count). The predicted octanol–water partition coefficient (Wildman–Crippen LogP) is 3.27. The van der Waals surface area contributed by atoms with Gasteiger partial charge in [0.15, 0.2) is 0 Å². The lowest BCUT2D eigenvalue weighted by atomic mass is 10.1. The largest absolute Gasteiger partial charge is 0.251 e. The average molecular weight is 215 g/mol. The van der Waals surface area contributed by atoms with Gasteiger partial charge in [0, 0.05) is 5.69 Å². The smallest absolute Gasteiger partial charge is 0.111 e. The highest BCUT2D eigenvalue weighted by molar-refractivity contribution is 5.73. The third kappa shape index (κ3) is 2.03. The van der Waals surface area contributed by atoms with E-state index in [0.717, 1.165) is 22.4 Å². The molecule has 16 heavy (non-hydrogen) atoms. The summed E-state index contributed by atoms with van der Waals surface area (Å²) in [5.41, 5.74) is 3.93. The van der Waals surface area contributed by atoms with Crippen LogP contribution in [0, 0.1) is 0 Å². The Labute approximate surface area is 95.9 Å². The maximum absolute atomic E-state index is 4.62. The van der Waals surface area contributed by atoms with Crippen LogP contribution in [-0.2, 0) is 0 Å². The molecule has 0 radical (unpaired) electrons. The van der Waals surface area contributed by atoms with Gasteiger partial charge in [-0.15, -0.1) is 5.10 Å². The lowest BCUT2D eigenvalue weighted by molar-refractivity contribution is 0.790. The maximum atomic E-state index is 4.62. The first-order valence-corrected chi connectivity index (χ1v) is 5.72. The first kappa shape index (κ1) is 11.0. The monoisotopic (exact) mass is 215 g/mol. The molecule has 3 heteroatoms. The Morgan fingerprint density at radius 2 is 1.50 bits per heavy atom. The normalized spacial score (nSPS) is 11.6. The van der Waals surface area contributed by atoms with Gasteiger partial charge in [-0.2, -0.15) is 5.10 Å². The van der Waals surface area contributed by atoms with E-state index in [1.165, 1.54) is 0 Å². The minimum Gasteiger partial charge on any atom is -0.251 e. The van der Waals surface area contributed by atoms with E-state index in [0.29, 0.717) is 11.8 Å². The van der Waals surface area contributed by atoms with Crippen LogP contribution in [0.5, 0.6) is 0 Å². The Morgan fingerprint density at radius 1 is 0.812 bits per heavy atom. The topological polar surface area (TPSA) is 38.7 Å². The Kier molecular flexibility index (Phi) is 2.86. The lowest BCUT2D eigenvalue weighted by Gasteiger charge is -2.07. The second kappa shape index (κ2) is 4.16. The van der Waals surface area contributed by atoms with Crippen molar-refractivity contribution in [1.29, 1.82) is 0 Å². The summed E-state index contributed by atoms with van der Waals surface area (Å²) in [5, 5.41) is 8.38. The summed E-state index contributed by atoms with van der Waals surface area (Å²) in [6, 6.07) is 6.06. The quantitative estimate of drug-likeness (QED) is 0.771. The van der Waals surface area contributed by atoms with Gasteiger partial charge >= 0.3 is 0 Å².